The first kappa shape index (κ1) is 22.1. The van der Waals surface area contributed by atoms with Gasteiger partial charge in [0.1, 0.15) is 17.3 Å². The summed E-state index contributed by atoms with van der Waals surface area (Å²) >= 11 is 0. The number of carboxylic acid groups (broad SMARTS) is 1. The van der Waals surface area contributed by atoms with E-state index in [2.05, 4.69) is 19.8 Å². The number of aromatic nitrogens is 1. The van der Waals surface area contributed by atoms with E-state index in [1.165, 1.54) is 48.5 Å². The number of alkyl halides is 2. The minimum Gasteiger partial charge on any atom is -0.478 e. The molecule has 3 aromatic rings. The van der Waals surface area contributed by atoms with Crippen molar-refractivity contribution in [3.05, 3.63) is 71.5 Å². The number of halogens is 3. The lowest BCUT2D eigenvalue weighted by atomic mass is 9.83. The summed E-state index contributed by atoms with van der Waals surface area (Å²) in [5.74, 6) is -2.74. The van der Waals surface area contributed by atoms with Gasteiger partial charge in [-0.25, -0.2) is 14.2 Å². The van der Waals surface area contributed by atoms with Crippen LogP contribution in [0.25, 0.3) is 11.3 Å². The molecule has 1 aromatic heterocycles. The third-order valence-corrected chi connectivity index (χ3v) is 5.16. The summed E-state index contributed by atoms with van der Waals surface area (Å²) in [5, 5.41) is 11.7. The summed E-state index contributed by atoms with van der Waals surface area (Å²) < 4.78 is 49.8. The van der Waals surface area contributed by atoms with E-state index in [1.54, 1.807) is 13.8 Å². The van der Waals surface area contributed by atoms with Gasteiger partial charge in [0, 0.05) is 5.56 Å². The Morgan fingerprint density at radius 3 is 2.48 bits per heavy atom. The average Bonchev–Trinajstić information content (AvgIpc) is 3.08. The minimum atomic E-state index is -3.78. The van der Waals surface area contributed by atoms with Crippen molar-refractivity contribution in [1.29, 1.82) is 0 Å². The lowest BCUT2D eigenvalue weighted by molar-refractivity contribution is -0.286. The van der Waals surface area contributed by atoms with Gasteiger partial charge < -0.3 is 19.9 Å². The van der Waals surface area contributed by atoms with Crippen LogP contribution < -0.4 is 14.8 Å². The Balaban J connectivity index is 1.60. The zero-order chi connectivity index (χ0) is 24.0. The number of carbonyl (C=O) groups excluding carboxylic acids is 1. The molecule has 0 aliphatic carbocycles. The molecule has 0 atom stereocenters. The van der Waals surface area contributed by atoms with Crippen molar-refractivity contribution < 1.29 is 37.3 Å². The van der Waals surface area contributed by atoms with Gasteiger partial charge in [0.05, 0.1) is 11.0 Å². The van der Waals surface area contributed by atoms with Gasteiger partial charge in [0.2, 0.25) is 5.91 Å². The van der Waals surface area contributed by atoms with Gasteiger partial charge in [-0.05, 0) is 55.8 Å². The highest BCUT2D eigenvalue weighted by atomic mass is 19.3. The number of carbonyl (C=O) groups is 2. The molecule has 2 N–H and O–H groups in total. The average molecular weight is 458 g/mol. The molecule has 7 nitrogen and oxygen atoms in total. The molecular formula is C23H17F3N2O5. The number of aromatic carboxylic acids is 1. The Hall–Kier alpha value is -4.08. The predicted octanol–water partition coefficient (Wildman–Crippen LogP) is 4.82. The van der Waals surface area contributed by atoms with Crippen molar-refractivity contribution in [3.8, 4) is 22.8 Å². The Morgan fingerprint density at radius 1 is 1.03 bits per heavy atom. The Kier molecular flexibility index (Phi) is 5.23. The number of nitrogens with zero attached hydrogens (tertiary/aromatic N) is 1. The number of fused-ring (bicyclic) bond motifs is 1. The molecule has 10 heteroatoms. The van der Waals surface area contributed by atoms with E-state index in [-0.39, 0.29) is 34.1 Å². The topological polar surface area (TPSA) is 97.8 Å². The van der Waals surface area contributed by atoms with Crippen LogP contribution in [0.1, 0.15) is 29.8 Å². The number of ether oxygens (including phenoxy) is 2. The molecule has 0 unspecified atom stereocenters. The number of amides is 1. The lowest BCUT2D eigenvalue weighted by Gasteiger charge is -2.24. The monoisotopic (exact) mass is 458 g/mol. The van der Waals surface area contributed by atoms with Gasteiger partial charge in [-0.15, -0.1) is 8.78 Å². The third kappa shape index (κ3) is 4.32. The number of rotatable bonds is 5. The van der Waals surface area contributed by atoms with E-state index in [9.17, 15) is 22.8 Å². The SMILES string of the molecule is CC(C)(C(=O)Nc1ccc(F)c(-c2cccc(C(=O)O)c2)n1)c1ccc2c(c1)OC(F)(F)O2. The number of hydrogen-bond acceptors (Lipinski definition) is 5. The van der Waals surface area contributed by atoms with E-state index in [1.807, 2.05) is 0 Å². The molecule has 2 aromatic carbocycles. The fourth-order valence-corrected chi connectivity index (χ4v) is 3.26. The summed E-state index contributed by atoms with van der Waals surface area (Å²) in [6.07, 6.45) is -3.78. The quantitative estimate of drug-likeness (QED) is 0.569. The van der Waals surface area contributed by atoms with Crippen molar-refractivity contribution in [3.63, 3.8) is 0 Å². The maximum Gasteiger partial charge on any atom is 0.586 e. The first-order valence-electron chi connectivity index (χ1n) is 9.68. The number of nitrogens with one attached hydrogen (secondary N) is 1. The number of benzene rings is 2. The number of carboxylic acids is 1. The maximum atomic E-state index is 14.4. The molecule has 0 saturated heterocycles. The highest BCUT2D eigenvalue weighted by molar-refractivity contribution is 5.98. The van der Waals surface area contributed by atoms with E-state index in [4.69, 9.17) is 5.11 Å². The normalized spacial score (nSPS) is 14.1. The third-order valence-electron chi connectivity index (χ3n) is 5.16. The fraction of sp³-hybridized carbons (Fsp3) is 0.174. The molecule has 2 heterocycles. The smallest absolute Gasteiger partial charge is 0.478 e. The largest absolute Gasteiger partial charge is 0.586 e. The van der Waals surface area contributed by atoms with Crippen LogP contribution in [0.3, 0.4) is 0 Å². The van der Waals surface area contributed by atoms with Crippen LogP contribution >= 0.6 is 0 Å². The molecular weight excluding hydrogens is 441 g/mol. The van der Waals surface area contributed by atoms with Crippen LogP contribution in [-0.2, 0) is 10.2 Å². The van der Waals surface area contributed by atoms with Crippen molar-refractivity contribution >= 4 is 17.7 Å². The molecule has 1 aliphatic rings. The van der Waals surface area contributed by atoms with Crippen molar-refractivity contribution in [2.24, 2.45) is 0 Å². The van der Waals surface area contributed by atoms with E-state index in [0.29, 0.717) is 5.56 Å². The maximum absolute atomic E-state index is 14.4. The first-order valence-corrected chi connectivity index (χ1v) is 9.68. The second kappa shape index (κ2) is 7.80. The van der Waals surface area contributed by atoms with E-state index < -0.39 is 29.4 Å². The van der Waals surface area contributed by atoms with Gasteiger partial charge in [-0.2, -0.15) is 0 Å². The van der Waals surface area contributed by atoms with Gasteiger partial charge in [-0.3, -0.25) is 4.79 Å². The van der Waals surface area contributed by atoms with Crippen LogP contribution in [0.4, 0.5) is 19.0 Å². The Morgan fingerprint density at radius 2 is 1.76 bits per heavy atom. The number of pyridine rings is 1. The summed E-state index contributed by atoms with van der Waals surface area (Å²) in [5.41, 5.74) is -0.803. The number of anilines is 1. The summed E-state index contributed by atoms with van der Waals surface area (Å²) in [6.45, 7) is 3.14. The van der Waals surface area contributed by atoms with Gasteiger partial charge in [0.15, 0.2) is 11.5 Å². The highest BCUT2D eigenvalue weighted by Gasteiger charge is 2.44. The summed E-state index contributed by atoms with van der Waals surface area (Å²) in [6, 6.07) is 12.0. The lowest BCUT2D eigenvalue weighted by Crippen LogP contribution is -2.35. The minimum absolute atomic E-state index is 0.0254. The van der Waals surface area contributed by atoms with Crippen molar-refractivity contribution in [1.82, 2.24) is 4.98 Å². The number of hydrogen-bond donors (Lipinski definition) is 2. The van der Waals surface area contributed by atoms with Crippen molar-refractivity contribution in [2.45, 2.75) is 25.6 Å². The first-order chi connectivity index (χ1) is 15.5. The Labute approximate surface area is 185 Å². The molecule has 4 rings (SSSR count). The standard InChI is InChI=1S/C23H17F3N2O5/c1-22(2,14-6-8-16-17(11-14)33-23(25,26)32-16)21(31)28-18-9-7-15(24)19(27-18)12-4-3-5-13(10-12)20(29)30/h3-11H,1-2H3,(H,29,30)(H,27,28,31). The zero-order valence-corrected chi connectivity index (χ0v) is 17.4. The fourth-order valence-electron chi connectivity index (χ4n) is 3.26. The summed E-state index contributed by atoms with van der Waals surface area (Å²) in [7, 11) is 0. The van der Waals surface area contributed by atoms with Crippen molar-refractivity contribution in [2.75, 3.05) is 5.32 Å². The highest BCUT2D eigenvalue weighted by Crippen LogP contribution is 2.43. The van der Waals surface area contributed by atoms with E-state index in [0.717, 1.165) is 6.07 Å². The van der Waals surface area contributed by atoms with Gasteiger partial charge >= 0.3 is 12.3 Å². The summed E-state index contributed by atoms with van der Waals surface area (Å²) in [4.78, 5) is 28.3. The Bertz CT molecular complexity index is 1280. The second-order valence-corrected chi connectivity index (χ2v) is 7.82. The molecule has 1 aliphatic heterocycles. The van der Waals surface area contributed by atoms with Crippen LogP contribution in [0.15, 0.2) is 54.6 Å². The predicted molar refractivity (Wildman–Crippen MR) is 111 cm³/mol. The molecule has 33 heavy (non-hydrogen) atoms. The van der Waals surface area contributed by atoms with Crippen LogP contribution in [0.5, 0.6) is 11.5 Å². The zero-order valence-electron chi connectivity index (χ0n) is 17.4. The van der Waals surface area contributed by atoms with Crippen LogP contribution in [-0.4, -0.2) is 28.3 Å². The van der Waals surface area contributed by atoms with Gasteiger partial charge in [0.25, 0.3) is 0 Å². The molecule has 170 valence electrons. The van der Waals surface area contributed by atoms with Gasteiger partial charge in [-0.1, -0.05) is 18.2 Å². The molecule has 0 radical (unpaired) electrons. The molecule has 1 amide bonds. The van der Waals surface area contributed by atoms with Crippen LogP contribution in [0, 0.1) is 5.82 Å². The van der Waals surface area contributed by atoms with Crippen LogP contribution in [0.2, 0.25) is 0 Å². The molecule has 0 bridgehead atoms. The van der Waals surface area contributed by atoms with E-state index >= 15 is 0 Å². The molecule has 0 saturated carbocycles. The molecule has 0 spiro atoms. The second-order valence-electron chi connectivity index (χ2n) is 7.82. The molecule has 0 fully saturated rings.